The van der Waals surface area contributed by atoms with Gasteiger partial charge in [0.25, 0.3) is 0 Å². The van der Waals surface area contributed by atoms with Crippen molar-refractivity contribution in [2.75, 3.05) is 5.73 Å². The van der Waals surface area contributed by atoms with E-state index in [1.54, 1.807) is 5.38 Å². The van der Waals surface area contributed by atoms with Gasteiger partial charge in [-0.2, -0.15) is 0 Å². The van der Waals surface area contributed by atoms with Crippen LogP contribution in [0.15, 0.2) is 5.38 Å². The van der Waals surface area contributed by atoms with Crippen molar-refractivity contribution in [2.45, 2.75) is 33.3 Å². The molecule has 3 nitrogen and oxygen atoms in total. The van der Waals surface area contributed by atoms with Crippen molar-refractivity contribution in [2.24, 2.45) is 0 Å². The summed E-state index contributed by atoms with van der Waals surface area (Å²) in [5.41, 5.74) is 6.65. The highest BCUT2D eigenvalue weighted by Gasteiger charge is 2.21. The Morgan fingerprint density at radius 3 is 2.43 bits per heavy atom. The third-order valence-corrected chi connectivity index (χ3v) is 2.74. The van der Waals surface area contributed by atoms with Crippen LogP contribution in [-0.2, 0) is 4.74 Å². The topological polar surface area (TPSA) is 52.3 Å². The van der Waals surface area contributed by atoms with Crippen LogP contribution in [0, 0.1) is 6.92 Å². The maximum atomic E-state index is 11.6. The molecule has 1 aromatic heterocycles. The van der Waals surface area contributed by atoms with Gasteiger partial charge in [0, 0.05) is 11.1 Å². The number of anilines is 1. The average Bonchev–Trinajstić information content (AvgIpc) is 2.29. The second kappa shape index (κ2) is 3.61. The van der Waals surface area contributed by atoms with Crippen molar-refractivity contribution < 1.29 is 9.53 Å². The van der Waals surface area contributed by atoms with E-state index in [2.05, 4.69) is 0 Å². The minimum Gasteiger partial charge on any atom is -0.456 e. The highest BCUT2D eigenvalue weighted by molar-refractivity contribution is 7.12. The van der Waals surface area contributed by atoms with Gasteiger partial charge in [-0.05, 0) is 33.3 Å². The zero-order chi connectivity index (χ0) is 10.9. The monoisotopic (exact) mass is 213 g/mol. The molecule has 0 aliphatic carbocycles. The Bertz CT molecular complexity index is 349. The molecule has 0 radical (unpaired) electrons. The number of hydrogen-bond acceptors (Lipinski definition) is 4. The first-order chi connectivity index (χ1) is 6.31. The molecule has 0 aliphatic heterocycles. The van der Waals surface area contributed by atoms with Gasteiger partial charge in [0.1, 0.15) is 10.5 Å². The van der Waals surface area contributed by atoms with Crippen LogP contribution in [-0.4, -0.2) is 11.6 Å². The number of carbonyl (C=O) groups is 1. The van der Waals surface area contributed by atoms with Crippen LogP contribution in [0.3, 0.4) is 0 Å². The number of nitrogens with two attached hydrogens (primary N) is 1. The smallest absolute Gasteiger partial charge is 0.349 e. The molecule has 0 saturated carbocycles. The normalized spacial score (nSPS) is 11.4. The quantitative estimate of drug-likeness (QED) is 0.729. The van der Waals surface area contributed by atoms with Gasteiger partial charge in [0.2, 0.25) is 0 Å². The first-order valence-electron chi connectivity index (χ1n) is 4.38. The summed E-state index contributed by atoms with van der Waals surface area (Å²) in [5, 5.41) is 1.76. The molecule has 0 amide bonds. The Balaban J connectivity index is 2.86. The summed E-state index contributed by atoms with van der Waals surface area (Å²) in [6.07, 6.45) is 0. The highest BCUT2D eigenvalue weighted by Crippen LogP contribution is 2.25. The van der Waals surface area contributed by atoms with E-state index < -0.39 is 5.60 Å². The Kier molecular flexibility index (Phi) is 2.85. The van der Waals surface area contributed by atoms with E-state index >= 15 is 0 Å². The van der Waals surface area contributed by atoms with Crippen LogP contribution >= 0.6 is 11.3 Å². The number of hydrogen-bond donors (Lipinski definition) is 1. The number of nitrogen functional groups attached to an aromatic ring is 1. The fourth-order valence-corrected chi connectivity index (χ4v) is 1.81. The molecular weight excluding hydrogens is 198 g/mol. The van der Waals surface area contributed by atoms with Crippen LogP contribution < -0.4 is 5.73 Å². The van der Waals surface area contributed by atoms with Crippen LogP contribution in [0.2, 0.25) is 0 Å². The van der Waals surface area contributed by atoms with Crippen molar-refractivity contribution in [3.05, 3.63) is 15.8 Å². The predicted octanol–water partition coefficient (Wildman–Crippen LogP) is 2.59. The lowest BCUT2D eigenvalue weighted by molar-refractivity contribution is 0.00746. The molecule has 2 N–H and O–H groups in total. The third kappa shape index (κ3) is 2.48. The first-order valence-corrected chi connectivity index (χ1v) is 5.26. The third-order valence-electron chi connectivity index (χ3n) is 1.66. The Hall–Kier alpha value is -1.03. The maximum absolute atomic E-state index is 11.6. The van der Waals surface area contributed by atoms with Gasteiger partial charge >= 0.3 is 5.97 Å². The molecule has 0 atom stereocenters. The van der Waals surface area contributed by atoms with Gasteiger partial charge in [0.05, 0.1) is 0 Å². The summed E-state index contributed by atoms with van der Waals surface area (Å²) < 4.78 is 5.23. The molecule has 0 aromatic carbocycles. The molecule has 0 unspecified atom stereocenters. The second-order valence-electron chi connectivity index (χ2n) is 4.15. The fraction of sp³-hybridized carbons (Fsp3) is 0.500. The molecule has 0 spiro atoms. The van der Waals surface area contributed by atoms with E-state index in [0.29, 0.717) is 10.6 Å². The molecular formula is C10H15NO2S. The van der Waals surface area contributed by atoms with Gasteiger partial charge < -0.3 is 10.5 Å². The minimum atomic E-state index is -0.456. The summed E-state index contributed by atoms with van der Waals surface area (Å²) in [4.78, 5) is 12.2. The first kappa shape index (κ1) is 11.0. The van der Waals surface area contributed by atoms with E-state index in [-0.39, 0.29) is 5.97 Å². The number of ether oxygens (including phenoxy) is 1. The summed E-state index contributed by atoms with van der Waals surface area (Å²) in [5.74, 6) is -0.295. The summed E-state index contributed by atoms with van der Waals surface area (Å²) in [7, 11) is 0. The molecule has 1 heterocycles. The molecule has 0 bridgehead atoms. The van der Waals surface area contributed by atoms with Gasteiger partial charge in [-0.1, -0.05) is 0 Å². The zero-order valence-corrected chi connectivity index (χ0v) is 9.70. The van der Waals surface area contributed by atoms with Crippen LogP contribution in [0.4, 0.5) is 5.69 Å². The van der Waals surface area contributed by atoms with Gasteiger partial charge in [-0.25, -0.2) is 4.79 Å². The second-order valence-corrected chi connectivity index (χ2v) is 5.03. The van der Waals surface area contributed by atoms with Crippen molar-refractivity contribution in [1.82, 2.24) is 0 Å². The Labute approximate surface area is 87.9 Å². The van der Waals surface area contributed by atoms with E-state index in [0.717, 1.165) is 5.56 Å². The lowest BCUT2D eigenvalue weighted by Gasteiger charge is -2.19. The fourth-order valence-electron chi connectivity index (χ4n) is 0.956. The summed E-state index contributed by atoms with van der Waals surface area (Å²) in [6.45, 7) is 7.36. The van der Waals surface area contributed by atoms with Crippen molar-refractivity contribution in [3.8, 4) is 0 Å². The highest BCUT2D eigenvalue weighted by atomic mass is 32.1. The van der Waals surface area contributed by atoms with Crippen LogP contribution in [0.5, 0.6) is 0 Å². The van der Waals surface area contributed by atoms with E-state index in [1.165, 1.54) is 11.3 Å². The number of thiophene rings is 1. The summed E-state index contributed by atoms with van der Waals surface area (Å²) >= 11 is 1.33. The van der Waals surface area contributed by atoms with E-state index in [1.807, 2.05) is 27.7 Å². The maximum Gasteiger partial charge on any atom is 0.349 e. The van der Waals surface area contributed by atoms with Crippen molar-refractivity contribution >= 4 is 23.0 Å². The van der Waals surface area contributed by atoms with Crippen molar-refractivity contribution in [1.29, 1.82) is 0 Å². The van der Waals surface area contributed by atoms with Gasteiger partial charge in [-0.15, -0.1) is 11.3 Å². The number of rotatable bonds is 1. The van der Waals surface area contributed by atoms with Crippen molar-refractivity contribution in [3.63, 3.8) is 0 Å². The van der Waals surface area contributed by atoms with Gasteiger partial charge in [-0.3, -0.25) is 0 Å². The molecule has 1 rings (SSSR count). The summed E-state index contributed by atoms with van der Waals surface area (Å²) in [6, 6.07) is 0. The van der Waals surface area contributed by atoms with Crippen LogP contribution in [0.1, 0.15) is 36.0 Å². The standard InChI is InChI=1S/C10H15NO2S/c1-6-7(11)5-14-8(6)9(12)13-10(2,3)4/h5H,11H2,1-4H3. The molecule has 78 valence electrons. The zero-order valence-electron chi connectivity index (χ0n) is 8.88. The average molecular weight is 213 g/mol. The van der Waals surface area contributed by atoms with E-state index in [9.17, 15) is 4.79 Å². The lowest BCUT2D eigenvalue weighted by Crippen LogP contribution is -2.23. The van der Waals surface area contributed by atoms with E-state index in [4.69, 9.17) is 10.5 Å². The lowest BCUT2D eigenvalue weighted by atomic mass is 10.2. The Morgan fingerprint density at radius 2 is 2.07 bits per heavy atom. The van der Waals surface area contributed by atoms with Gasteiger partial charge in [0.15, 0.2) is 0 Å². The number of carbonyl (C=O) groups excluding carboxylic acids is 1. The molecule has 0 fully saturated rings. The Morgan fingerprint density at radius 1 is 1.50 bits per heavy atom. The molecule has 4 heteroatoms. The SMILES string of the molecule is Cc1c(N)csc1C(=O)OC(C)(C)C. The molecule has 0 saturated heterocycles. The molecule has 1 aromatic rings. The molecule has 14 heavy (non-hydrogen) atoms. The minimum absolute atomic E-state index is 0.295. The predicted molar refractivity (Wildman–Crippen MR) is 58.6 cm³/mol. The number of esters is 1. The molecule has 0 aliphatic rings. The largest absolute Gasteiger partial charge is 0.456 e. The van der Waals surface area contributed by atoms with Crippen LogP contribution in [0.25, 0.3) is 0 Å².